The van der Waals surface area contributed by atoms with Gasteiger partial charge in [0.05, 0.1) is 13.2 Å². The summed E-state index contributed by atoms with van der Waals surface area (Å²) < 4.78 is 29.6. The number of aliphatic carboxylic acids is 3. The van der Waals surface area contributed by atoms with E-state index in [1.54, 1.807) is 0 Å². The molecule has 0 aromatic heterocycles. The first kappa shape index (κ1) is 53.6. The number of carbonyl (C=O) groups excluding carboxylic acids is 6. The highest BCUT2D eigenvalue weighted by atomic mass is 32.2. The number of thioether (sulfide) groups is 1. The normalized spacial score (nSPS) is 29.0. The van der Waals surface area contributed by atoms with Gasteiger partial charge >= 0.3 is 17.9 Å². The monoisotopic (exact) mass is 939 g/mol. The second-order valence-corrected chi connectivity index (χ2v) is 16.3. The van der Waals surface area contributed by atoms with Crippen molar-refractivity contribution in [2.45, 2.75) is 145 Å². The van der Waals surface area contributed by atoms with Crippen LogP contribution in [0.3, 0.4) is 0 Å². The van der Waals surface area contributed by atoms with E-state index in [9.17, 15) is 63.6 Å². The standard InChI is InChI=1S/C36H57N7O20S/c1-12(29(50)43-18(34(57)58)6-7-22(47)42-19(11-64-10-17(37)33(55)56)31(52)39-13(2)32(53)54)38-30(51)14(3)60-28-24(41-16(5)46)35-59-9-21(62-35)27(28)63-36-23(40-15(4)45)26(49)25(48)20(8-44)61-36/h12-14,17-21,23-28,35-36,44,48-49H,6-11,37H2,1-5H3,(H,38,51)(H,39,52)(H,40,45)(H,41,46)(H,42,47)(H,43,50)(H,53,54)(H,55,56)(H,57,58). The van der Waals surface area contributed by atoms with Gasteiger partial charge in [-0.3, -0.25) is 38.4 Å². The van der Waals surface area contributed by atoms with Gasteiger partial charge in [-0.2, -0.15) is 11.8 Å². The number of amides is 6. The number of fused-ring (bicyclic) bond motifs is 2. The minimum Gasteiger partial charge on any atom is -0.480 e. The first-order valence-electron chi connectivity index (χ1n) is 19.9. The molecule has 14 N–H and O–H groups in total. The van der Waals surface area contributed by atoms with E-state index in [2.05, 4.69) is 31.9 Å². The molecule has 16 atom stereocenters. The Labute approximate surface area is 369 Å². The van der Waals surface area contributed by atoms with E-state index < -0.39 is 170 Å². The molecule has 0 aliphatic carbocycles. The lowest BCUT2D eigenvalue weighted by Gasteiger charge is -2.47. The Hall–Kier alpha value is -4.78. The third kappa shape index (κ3) is 15.2. The topological polar surface area (TPSA) is 419 Å². The Bertz CT molecular complexity index is 1710. The summed E-state index contributed by atoms with van der Waals surface area (Å²) in [5, 5.41) is 73.3. The summed E-state index contributed by atoms with van der Waals surface area (Å²) in [6.07, 6.45) is -13.4. The van der Waals surface area contributed by atoms with Crippen LogP contribution >= 0.6 is 11.8 Å². The van der Waals surface area contributed by atoms with Crippen molar-refractivity contribution in [3.05, 3.63) is 0 Å². The first-order valence-corrected chi connectivity index (χ1v) is 21.1. The van der Waals surface area contributed by atoms with Crippen molar-refractivity contribution in [3.8, 4) is 0 Å². The maximum Gasteiger partial charge on any atom is 0.326 e. The molecule has 16 unspecified atom stereocenters. The SMILES string of the molecule is CC(=O)NC1C(OC2C3COC(O3)C(NC(C)=O)C2OC(C)C(=O)NC(C)C(=O)NC(CCC(=O)NC(CSCC(N)C(=O)O)C(=O)NC(C)C(=O)O)C(=O)O)OC(CO)C(O)C1O. The molecule has 362 valence electrons. The molecule has 3 saturated heterocycles. The summed E-state index contributed by atoms with van der Waals surface area (Å²) in [5.41, 5.74) is 5.48. The summed E-state index contributed by atoms with van der Waals surface area (Å²) in [6.45, 7) is 5.11. The lowest BCUT2D eigenvalue weighted by Crippen LogP contribution is -2.68. The number of hydrogen-bond acceptors (Lipinski definition) is 19. The van der Waals surface area contributed by atoms with Crippen LogP contribution < -0.4 is 37.6 Å². The molecule has 3 heterocycles. The molecule has 0 aromatic carbocycles. The van der Waals surface area contributed by atoms with Crippen LogP contribution in [0.2, 0.25) is 0 Å². The summed E-state index contributed by atoms with van der Waals surface area (Å²) in [5.74, 6) is -9.61. The van der Waals surface area contributed by atoms with Crippen LogP contribution in [0.4, 0.5) is 0 Å². The molecule has 3 aliphatic rings. The molecule has 64 heavy (non-hydrogen) atoms. The van der Waals surface area contributed by atoms with Gasteiger partial charge in [0.25, 0.3) is 0 Å². The largest absolute Gasteiger partial charge is 0.480 e. The molecular weight excluding hydrogens is 882 g/mol. The molecule has 0 spiro atoms. The molecular formula is C36H57N7O20S. The minimum absolute atomic E-state index is 0.119. The number of aliphatic hydroxyl groups is 3. The minimum atomic E-state index is -1.70. The number of aliphatic hydroxyl groups excluding tert-OH is 3. The molecule has 3 rings (SSSR count). The second kappa shape index (κ2) is 24.5. The average molecular weight is 940 g/mol. The Balaban J connectivity index is 1.69. The van der Waals surface area contributed by atoms with Crippen molar-refractivity contribution >= 4 is 65.1 Å². The molecule has 6 amide bonds. The van der Waals surface area contributed by atoms with Gasteiger partial charge in [0, 0.05) is 31.8 Å². The van der Waals surface area contributed by atoms with Crippen LogP contribution in [0.5, 0.6) is 0 Å². The van der Waals surface area contributed by atoms with Gasteiger partial charge in [-0.15, -0.1) is 0 Å². The predicted molar refractivity (Wildman–Crippen MR) is 213 cm³/mol. The van der Waals surface area contributed by atoms with E-state index in [0.29, 0.717) is 0 Å². The van der Waals surface area contributed by atoms with Crippen LogP contribution in [-0.2, 0) is 66.8 Å². The van der Waals surface area contributed by atoms with E-state index >= 15 is 0 Å². The van der Waals surface area contributed by atoms with Crippen molar-refractivity contribution in [1.29, 1.82) is 0 Å². The van der Waals surface area contributed by atoms with Crippen molar-refractivity contribution in [2.24, 2.45) is 5.73 Å². The van der Waals surface area contributed by atoms with Gasteiger partial charge < -0.3 is 92.0 Å². The van der Waals surface area contributed by atoms with Crippen LogP contribution in [-0.4, -0.2) is 206 Å². The van der Waals surface area contributed by atoms with Gasteiger partial charge in [-0.1, -0.05) is 0 Å². The van der Waals surface area contributed by atoms with E-state index in [-0.39, 0.29) is 18.1 Å². The van der Waals surface area contributed by atoms with Gasteiger partial charge in [-0.05, 0) is 27.2 Å². The van der Waals surface area contributed by atoms with E-state index in [1.165, 1.54) is 27.7 Å². The first-order chi connectivity index (χ1) is 29.9. The Morgan fingerprint density at radius 2 is 1.36 bits per heavy atom. The number of carboxylic acid groups (broad SMARTS) is 3. The van der Waals surface area contributed by atoms with Gasteiger partial charge in [0.15, 0.2) is 12.6 Å². The van der Waals surface area contributed by atoms with Crippen molar-refractivity contribution in [1.82, 2.24) is 31.9 Å². The molecule has 0 radical (unpaired) electrons. The quantitative estimate of drug-likeness (QED) is 0.0428. The van der Waals surface area contributed by atoms with Gasteiger partial charge in [-0.25, -0.2) is 4.79 Å². The molecule has 28 heteroatoms. The Morgan fingerprint density at radius 1 is 0.734 bits per heavy atom. The third-order valence-corrected chi connectivity index (χ3v) is 11.2. The number of rotatable bonds is 24. The second-order valence-electron chi connectivity index (χ2n) is 15.2. The summed E-state index contributed by atoms with van der Waals surface area (Å²) in [4.78, 5) is 111. The van der Waals surface area contributed by atoms with Gasteiger partial charge in [0.1, 0.15) is 85.0 Å². The molecule has 3 fully saturated rings. The fourth-order valence-electron chi connectivity index (χ4n) is 6.56. The van der Waals surface area contributed by atoms with Crippen LogP contribution in [0.25, 0.3) is 0 Å². The number of carbonyl (C=O) groups is 9. The van der Waals surface area contributed by atoms with E-state index in [0.717, 1.165) is 18.7 Å². The molecule has 27 nitrogen and oxygen atoms in total. The van der Waals surface area contributed by atoms with Crippen LogP contribution in [0.1, 0.15) is 47.5 Å². The average Bonchev–Trinajstić information content (AvgIpc) is 3.66. The summed E-state index contributed by atoms with van der Waals surface area (Å²) in [6, 6.07) is -9.71. The highest BCUT2D eigenvalue weighted by molar-refractivity contribution is 7.99. The summed E-state index contributed by atoms with van der Waals surface area (Å²) in [7, 11) is 0. The van der Waals surface area contributed by atoms with Crippen molar-refractivity contribution < 1.29 is 97.5 Å². The Kier molecular flexibility index (Phi) is 20.5. The Morgan fingerprint density at radius 3 is 1.94 bits per heavy atom. The highest BCUT2D eigenvalue weighted by Crippen LogP contribution is 2.35. The zero-order valence-corrected chi connectivity index (χ0v) is 36.2. The molecule has 0 aromatic rings. The van der Waals surface area contributed by atoms with Crippen molar-refractivity contribution in [2.75, 3.05) is 24.7 Å². The number of nitrogens with two attached hydrogens (primary N) is 1. The molecule has 2 bridgehead atoms. The summed E-state index contributed by atoms with van der Waals surface area (Å²) >= 11 is 0.877. The maximum absolute atomic E-state index is 13.5. The third-order valence-electron chi connectivity index (χ3n) is 10.0. The number of carboxylic acids is 3. The zero-order chi connectivity index (χ0) is 48.2. The van der Waals surface area contributed by atoms with Crippen LogP contribution in [0.15, 0.2) is 0 Å². The number of ether oxygens (including phenoxy) is 5. The zero-order valence-electron chi connectivity index (χ0n) is 35.4. The lowest BCUT2D eigenvalue weighted by molar-refractivity contribution is -0.313. The van der Waals surface area contributed by atoms with E-state index in [1.807, 2.05) is 0 Å². The number of nitrogens with one attached hydrogen (secondary N) is 6. The van der Waals surface area contributed by atoms with Crippen LogP contribution in [0, 0.1) is 0 Å². The van der Waals surface area contributed by atoms with E-state index in [4.69, 9.17) is 39.6 Å². The fourth-order valence-corrected chi connectivity index (χ4v) is 7.56. The predicted octanol–water partition coefficient (Wildman–Crippen LogP) is -6.58. The lowest BCUT2D eigenvalue weighted by atomic mass is 9.95. The maximum atomic E-state index is 13.5. The molecule has 0 saturated carbocycles. The smallest absolute Gasteiger partial charge is 0.326 e. The highest BCUT2D eigenvalue weighted by Gasteiger charge is 2.56. The fraction of sp³-hybridized carbons (Fsp3) is 0.750. The number of hydrogen-bond donors (Lipinski definition) is 13. The van der Waals surface area contributed by atoms with Crippen molar-refractivity contribution in [3.63, 3.8) is 0 Å². The molecule has 3 aliphatic heterocycles. The van der Waals surface area contributed by atoms with Gasteiger partial charge in [0.2, 0.25) is 35.4 Å².